The van der Waals surface area contributed by atoms with Gasteiger partial charge in [-0.05, 0) is 12.5 Å². The quantitative estimate of drug-likeness (QED) is 0.442. The Morgan fingerprint density at radius 3 is 2.29 bits per heavy atom. The summed E-state index contributed by atoms with van der Waals surface area (Å²) in [6, 6.07) is 5.77. The van der Waals surface area contributed by atoms with E-state index in [1.54, 1.807) is 6.07 Å². The zero-order chi connectivity index (χ0) is 12.4. The van der Waals surface area contributed by atoms with E-state index in [4.69, 9.17) is 0 Å². The molecule has 2 amide bonds. The summed E-state index contributed by atoms with van der Waals surface area (Å²) in [5, 5.41) is 10.8. The van der Waals surface area contributed by atoms with E-state index in [0.717, 1.165) is 4.90 Å². The van der Waals surface area contributed by atoms with Gasteiger partial charge in [-0.1, -0.05) is 12.1 Å². The average molecular weight is 234 g/mol. The van der Waals surface area contributed by atoms with Crippen LogP contribution in [0.3, 0.4) is 0 Å². The molecule has 0 spiro atoms. The number of piperidine rings is 1. The zero-order valence-electron chi connectivity index (χ0n) is 8.96. The molecule has 1 fully saturated rings. The molecule has 1 aliphatic heterocycles. The summed E-state index contributed by atoms with van der Waals surface area (Å²) in [6.45, 7) is 0. The Hall–Kier alpha value is -2.24. The highest BCUT2D eigenvalue weighted by Crippen LogP contribution is 2.30. The minimum absolute atomic E-state index is 0.0622. The SMILES string of the molecule is O=C1CCCC(=O)N1c1ccccc1[N+](=O)[O-]. The fraction of sp³-hybridized carbons (Fsp3) is 0.273. The van der Waals surface area contributed by atoms with Gasteiger partial charge in [0.2, 0.25) is 11.8 Å². The number of carbonyl (C=O) groups excluding carboxylic acids is 2. The van der Waals surface area contributed by atoms with Gasteiger partial charge >= 0.3 is 0 Å². The minimum Gasteiger partial charge on any atom is -0.274 e. The maximum absolute atomic E-state index is 11.7. The molecule has 0 bridgehead atoms. The van der Waals surface area contributed by atoms with Crippen LogP contribution in [0.4, 0.5) is 11.4 Å². The molecule has 0 radical (unpaired) electrons. The van der Waals surface area contributed by atoms with Gasteiger partial charge in [0.25, 0.3) is 5.69 Å². The summed E-state index contributed by atoms with van der Waals surface area (Å²) in [6.07, 6.45) is 1.00. The number of nitro benzene ring substituents is 1. The van der Waals surface area contributed by atoms with E-state index in [1.165, 1.54) is 18.2 Å². The van der Waals surface area contributed by atoms with Crippen molar-refractivity contribution in [2.45, 2.75) is 19.3 Å². The molecule has 6 nitrogen and oxygen atoms in total. The van der Waals surface area contributed by atoms with Crippen molar-refractivity contribution in [1.82, 2.24) is 0 Å². The van der Waals surface area contributed by atoms with Crippen molar-refractivity contribution >= 4 is 23.2 Å². The number of anilines is 1. The number of amides is 2. The van der Waals surface area contributed by atoms with Crippen molar-refractivity contribution in [1.29, 1.82) is 0 Å². The molecule has 88 valence electrons. The first-order valence-corrected chi connectivity index (χ1v) is 5.20. The predicted octanol–water partition coefficient (Wildman–Crippen LogP) is 1.64. The first-order chi connectivity index (χ1) is 8.11. The lowest BCUT2D eigenvalue weighted by atomic mass is 10.1. The van der Waals surface area contributed by atoms with Gasteiger partial charge in [-0.3, -0.25) is 19.7 Å². The molecule has 1 saturated heterocycles. The molecule has 1 aromatic carbocycles. The van der Waals surface area contributed by atoms with E-state index in [2.05, 4.69) is 0 Å². The number of carbonyl (C=O) groups is 2. The molecular formula is C11H10N2O4. The van der Waals surface area contributed by atoms with Crippen LogP contribution < -0.4 is 4.90 Å². The molecule has 1 heterocycles. The molecule has 0 saturated carbocycles. The maximum Gasteiger partial charge on any atom is 0.293 e. The molecule has 17 heavy (non-hydrogen) atoms. The Morgan fingerprint density at radius 1 is 1.12 bits per heavy atom. The monoisotopic (exact) mass is 234 g/mol. The highest BCUT2D eigenvalue weighted by atomic mass is 16.6. The van der Waals surface area contributed by atoms with E-state index in [1.807, 2.05) is 0 Å². The Bertz CT molecular complexity index is 482. The molecule has 0 atom stereocenters. The number of imide groups is 1. The first kappa shape index (κ1) is 11.3. The number of nitro groups is 1. The van der Waals surface area contributed by atoms with Gasteiger partial charge in [0, 0.05) is 18.9 Å². The largest absolute Gasteiger partial charge is 0.293 e. The lowest BCUT2D eigenvalue weighted by Crippen LogP contribution is -2.40. The van der Waals surface area contributed by atoms with Gasteiger partial charge < -0.3 is 0 Å². The fourth-order valence-electron chi connectivity index (χ4n) is 1.83. The van der Waals surface area contributed by atoms with Gasteiger partial charge in [0.1, 0.15) is 5.69 Å². The molecule has 0 aliphatic carbocycles. The lowest BCUT2D eigenvalue weighted by molar-refractivity contribution is -0.384. The first-order valence-electron chi connectivity index (χ1n) is 5.20. The van der Waals surface area contributed by atoms with Gasteiger partial charge in [0.05, 0.1) is 4.92 Å². The van der Waals surface area contributed by atoms with Gasteiger partial charge in [-0.15, -0.1) is 0 Å². The number of hydrogen-bond donors (Lipinski definition) is 0. The van der Waals surface area contributed by atoms with Crippen LogP contribution >= 0.6 is 0 Å². The smallest absolute Gasteiger partial charge is 0.274 e. The summed E-state index contributed by atoms with van der Waals surface area (Å²) in [7, 11) is 0. The number of rotatable bonds is 2. The van der Waals surface area contributed by atoms with Gasteiger partial charge in [0.15, 0.2) is 0 Å². The highest BCUT2D eigenvalue weighted by molar-refractivity contribution is 6.17. The summed E-state index contributed by atoms with van der Waals surface area (Å²) in [5.74, 6) is -0.758. The molecule has 1 aromatic rings. The molecule has 0 N–H and O–H groups in total. The third-order valence-electron chi connectivity index (χ3n) is 2.60. The van der Waals surface area contributed by atoms with Crippen LogP contribution in [0, 0.1) is 10.1 Å². The second-order valence-corrected chi connectivity index (χ2v) is 3.72. The molecule has 0 unspecified atom stereocenters. The number of para-hydroxylation sites is 2. The number of nitrogens with zero attached hydrogens (tertiary/aromatic N) is 2. The second-order valence-electron chi connectivity index (χ2n) is 3.72. The van der Waals surface area contributed by atoms with Crippen LogP contribution in [0.5, 0.6) is 0 Å². The highest BCUT2D eigenvalue weighted by Gasteiger charge is 2.31. The average Bonchev–Trinajstić information content (AvgIpc) is 2.29. The third kappa shape index (κ3) is 2.01. The lowest BCUT2D eigenvalue weighted by Gasteiger charge is -2.24. The zero-order valence-corrected chi connectivity index (χ0v) is 8.96. The van der Waals surface area contributed by atoms with Crippen molar-refractivity contribution < 1.29 is 14.5 Å². The van der Waals surface area contributed by atoms with Crippen LogP contribution in [-0.2, 0) is 9.59 Å². The maximum atomic E-state index is 11.7. The van der Waals surface area contributed by atoms with E-state index >= 15 is 0 Å². The molecule has 6 heteroatoms. The standard InChI is InChI=1S/C11H10N2O4/c14-10-6-3-7-11(15)12(10)8-4-1-2-5-9(8)13(16)17/h1-2,4-5H,3,6-7H2. The van der Waals surface area contributed by atoms with Crippen molar-refractivity contribution in [2.75, 3.05) is 4.90 Å². The van der Waals surface area contributed by atoms with Crippen molar-refractivity contribution in [3.8, 4) is 0 Å². The number of benzene rings is 1. The Morgan fingerprint density at radius 2 is 1.71 bits per heavy atom. The van der Waals surface area contributed by atoms with Crippen LogP contribution in [0.15, 0.2) is 24.3 Å². The molecular weight excluding hydrogens is 224 g/mol. The van der Waals surface area contributed by atoms with E-state index < -0.39 is 4.92 Å². The summed E-state index contributed by atoms with van der Waals surface area (Å²) < 4.78 is 0. The minimum atomic E-state index is -0.593. The topological polar surface area (TPSA) is 80.5 Å². The van der Waals surface area contributed by atoms with Crippen LogP contribution in [0.25, 0.3) is 0 Å². The molecule has 1 aliphatic rings. The Kier molecular flexibility index (Phi) is 2.86. The van der Waals surface area contributed by atoms with Crippen molar-refractivity contribution in [3.05, 3.63) is 34.4 Å². The van der Waals surface area contributed by atoms with Crippen molar-refractivity contribution in [3.63, 3.8) is 0 Å². The second kappa shape index (κ2) is 4.32. The Labute approximate surface area is 97.0 Å². The predicted molar refractivity (Wildman–Crippen MR) is 59.4 cm³/mol. The van der Waals surface area contributed by atoms with E-state index in [-0.39, 0.29) is 36.0 Å². The van der Waals surface area contributed by atoms with Crippen molar-refractivity contribution in [2.24, 2.45) is 0 Å². The summed E-state index contributed by atoms with van der Waals surface area (Å²) in [4.78, 5) is 34.5. The number of hydrogen-bond acceptors (Lipinski definition) is 4. The third-order valence-corrected chi connectivity index (χ3v) is 2.60. The summed E-state index contributed by atoms with van der Waals surface area (Å²) in [5.41, 5.74) is -0.164. The molecule has 2 rings (SSSR count). The van der Waals surface area contributed by atoms with Gasteiger partial charge in [-0.25, -0.2) is 4.90 Å². The van der Waals surface area contributed by atoms with Crippen LogP contribution in [-0.4, -0.2) is 16.7 Å². The van der Waals surface area contributed by atoms with E-state index in [9.17, 15) is 19.7 Å². The molecule has 0 aromatic heterocycles. The fourth-order valence-corrected chi connectivity index (χ4v) is 1.83. The van der Waals surface area contributed by atoms with E-state index in [0.29, 0.717) is 6.42 Å². The normalized spacial score (nSPS) is 16.1. The van der Waals surface area contributed by atoms with Crippen LogP contribution in [0.2, 0.25) is 0 Å². The van der Waals surface area contributed by atoms with Gasteiger partial charge in [-0.2, -0.15) is 0 Å². The Balaban J connectivity index is 2.48. The van der Waals surface area contributed by atoms with Crippen LogP contribution in [0.1, 0.15) is 19.3 Å². The summed E-state index contributed by atoms with van der Waals surface area (Å²) >= 11 is 0.